The van der Waals surface area contributed by atoms with E-state index in [1.165, 1.54) is 6.07 Å². The fourth-order valence-electron chi connectivity index (χ4n) is 2.00. The molecule has 3 rings (SSSR count). The first-order valence-corrected chi connectivity index (χ1v) is 6.06. The van der Waals surface area contributed by atoms with E-state index < -0.39 is 0 Å². The quantitative estimate of drug-likeness (QED) is 0.723. The zero-order chi connectivity index (χ0) is 14.1. The van der Waals surface area contributed by atoms with Crippen LogP contribution in [0.3, 0.4) is 0 Å². The normalized spacial score (nSPS) is 10.7. The third kappa shape index (κ3) is 2.33. The van der Waals surface area contributed by atoms with Crippen LogP contribution in [0.5, 0.6) is 11.5 Å². The van der Waals surface area contributed by atoms with E-state index in [0.717, 1.165) is 10.9 Å². The maximum absolute atomic E-state index is 11.4. The number of hydrogen-bond donors (Lipinski definition) is 1. The summed E-state index contributed by atoms with van der Waals surface area (Å²) in [7, 11) is 0. The Labute approximate surface area is 114 Å². The summed E-state index contributed by atoms with van der Waals surface area (Å²) in [4.78, 5) is 15.3. The van der Waals surface area contributed by atoms with Gasteiger partial charge in [0.1, 0.15) is 22.9 Å². The highest BCUT2D eigenvalue weighted by Crippen LogP contribution is 2.26. The van der Waals surface area contributed by atoms with Crippen LogP contribution in [0, 0.1) is 6.92 Å². The van der Waals surface area contributed by atoms with Gasteiger partial charge in [-0.25, -0.2) is 9.78 Å². The van der Waals surface area contributed by atoms with Crippen molar-refractivity contribution in [2.75, 3.05) is 5.73 Å². The number of nitrogen functional groups attached to an aromatic ring is 1. The fourth-order valence-corrected chi connectivity index (χ4v) is 2.00. The predicted molar refractivity (Wildman–Crippen MR) is 75.9 cm³/mol. The van der Waals surface area contributed by atoms with Gasteiger partial charge in [0.15, 0.2) is 0 Å². The van der Waals surface area contributed by atoms with Gasteiger partial charge in [-0.15, -0.1) is 0 Å². The molecule has 2 N–H and O–H groups in total. The summed E-state index contributed by atoms with van der Waals surface area (Å²) in [6, 6.07) is 10.1. The molecule has 0 amide bonds. The summed E-state index contributed by atoms with van der Waals surface area (Å²) in [6.07, 6.45) is 1.57. The molecule has 5 heteroatoms. The van der Waals surface area contributed by atoms with Crippen LogP contribution >= 0.6 is 0 Å². The molecule has 0 saturated heterocycles. The Morgan fingerprint density at radius 2 is 1.95 bits per heavy atom. The third-order valence-corrected chi connectivity index (χ3v) is 2.91. The van der Waals surface area contributed by atoms with Crippen LogP contribution in [0.15, 0.2) is 51.8 Å². The van der Waals surface area contributed by atoms with E-state index in [0.29, 0.717) is 22.9 Å². The molecule has 0 aliphatic carbocycles. The molecule has 0 bridgehead atoms. The van der Waals surface area contributed by atoms with Crippen molar-refractivity contribution in [3.8, 4) is 11.5 Å². The van der Waals surface area contributed by atoms with Crippen LogP contribution in [-0.2, 0) is 0 Å². The molecular weight excluding hydrogens is 256 g/mol. The van der Waals surface area contributed by atoms with Crippen molar-refractivity contribution >= 4 is 16.8 Å². The lowest BCUT2D eigenvalue weighted by atomic mass is 10.1. The minimum Gasteiger partial charge on any atom is -0.457 e. The van der Waals surface area contributed by atoms with Crippen molar-refractivity contribution in [3.63, 3.8) is 0 Å². The number of aromatic nitrogens is 1. The average Bonchev–Trinajstić information content (AvgIpc) is 2.38. The second-order valence-electron chi connectivity index (χ2n) is 4.42. The number of aryl methyl sites for hydroxylation is 1. The van der Waals surface area contributed by atoms with Crippen molar-refractivity contribution in [2.45, 2.75) is 6.92 Å². The Balaban J connectivity index is 2.03. The number of ether oxygens (including phenoxy) is 1. The van der Waals surface area contributed by atoms with Crippen LogP contribution in [0.25, 0.3) is 11.0 Å². The molecule has 0 saturated carbocycles. The molecule has 0 radical (unpaired) electrons. The fraction of sp³-hybridized carbons (Fsp3) is 0.0667. The molecule has 0 spiro atoms. The van der Waals surface area contributed by atoms with Gasteiger partial charge in [0.25, 0.3) is 0 Å². The SMILES string of the molecule is Cc1cc(=O)oc2cc(Oc3ccnc(N)c3)ccc12. The smallest absolute Gasteiger partial charge is 0.336 e. The first-order chi connectivity index (χ1) is 9.61. The number of benzene rings is 1. The number of anilines is 1. The van der Waals surface area contributed by atoms with E-state index in [1.807, 2.05) is 19.1 Å². The van der Waals surface area contributed by atoms with Crippen molar-refractivity contribution in [2.24, 2.45) is 0 Å². The highest BCUT2D eigenvalue weighted by molar-refractivity contribution is 5.81. The summed E-state index contributed by atoms with van der Waals surface area (Å²) >= 11 is 0. The van der Waals surface area contributed by atoms with E-state index in [9.17, 15) is 4.79 Å². The van der Waals surface area contributed by atoms with Gasteiger partial charge in [-0.2, -0.15) is 0 Å². The molecule has 0 aliphatic heterocycles. The molecular formula is C15H12N2O3. The highest BCUT2D eigenvalue weighted by atomic mass is 16.5. The molecule has 100 valence electrons. The Morgan fingerprint density at radius 3 is 2.75 bits per heavy atom. The second-order valence-corrected chi connectivity index (χ2v) is 4.42. The number of fused-ring (bicyclic) bond motifs is 1. The first-order valence-electron chi connectivity index (χ1n) is 6.06. The van der Waals surface area contributed by atoms with Crippen molar-refractivity contribution in [1.82, 2.24) is 4.98 Å². The van der Waals surface area contributed by atoms with Crippen LogP contribution in [0.4, 0.5) is 5.82 Å². The molecule has 0 fully saturated rings. The van der Waals surface area contributed by atoms with E-state index in [2.05, 4.69) is 4.98 Å². The molecule has 2 heterocycles. The summed E-state index contributed by atoms with van der Waals surface area (Å²) in [6.45, 7) is 1.86. The molecule has 20 heavy (non-hydrogen) atoms. The van der Waals surface area contributed by atoms with Crippen LogP contribution in [-0.4, -0.2) is 4.98 Å². The van der Waals surface area contributed by atoms with Crippen molar-refractivity contribution < 1.29 is 9.15 Å². The van der Waals surface area contributed by atoms with E-state index in [1.54, 1.807) is 24.4 Å². The first kappa shape index (κ1) is 12.2. The molecule has 2 aromatic heterocycles. The number of nitrogens with two attached hydrogens (primary N) is 1. The molecule has 0 aliphatic rings. The van der Waals surface area contributed by atoms with Crippen molar-refractivity contribution in [1.29, 1.82) is 0 Å². The van der Waals surface area contributed by atoms with E-state index in [-0.39, 0.29) is 5.63 Å². The van der Waals surface area contributed by atoms with Gasteiger partial charge in [0, 0.05) is 29.8 Å². The zero-order valence-electron chi connectivity index (χ0n) is 10.8. The Bertz CT molecular complexity index is 840. The summed E-state index contributed by atoms with van der Waals surface area (Å²) in [5, 5.41) is 0.881. The maximum atomic E-state index is 11.4. The largest absolute Gasteiger partial charge is 0.457 e. The average molecular weight is 268 g/mol. The van der Waals surface area contributed by atoms with Crippen LogP contribution in [0.2, 0.25) is 0 Å². The lowest BCUT2D eigenvalue weighted by Crippen LogP contribution is -1.98. The Morgan fingerprint density at radius 1 is 1.15 bits per heavy atom. The van der Waals surface area contributed by atoms with E-state index in [4.69, 9.17) is 14.9 Å². The van der Waals surface area contributed by atoms with Gasteiger partial charge in [0.2, 0.25) is 0 Å². The summed E-state index contributed by atoms with van der Waals surface area (Å²) in [5.74, 6) is 1.52. The number of rotatable bonds is 2. The lowest BCUT2D eigenvalue weighted by Gasteiger charge is -2.07. The van der Waals surface area contributed by atoms with Gasteiger partial charge in [-0.3, -0.25) is 0 Å². The standard InChI is InChI=1S/C15H12N2O3/c1-9-6-15(18)20-13-7-10(2-3-12(9)13)19-11-4-5-17-14(16)8-11/h2-8H,1H3,(H2,16,17). The number of pyridine rings is 1. The Kier molecular flexibility index (Phi) is 2.87. The summed E-state index contributed by atoms with van der Waals surface area (Å²) < 4.78 is 10.8. The highest BCUT2D eigenvalue weighted by Gasteiger charge is 2.05. The number of nitrogens with zero attached hydrogens (tertiary/aromatic N) is 1. The second kappa shape index (κ2) is 4.70. The topological polar surface area (TPSA) is 78.3 Å². The van der Waals surface area contributed by atoms with Gasteiger partial charge in [-0.1, -0.05) is 0 Å². The number of hydrogen-bond acceptors (Lipinski definition) is 5. The third-order valence-electron chi connectivity index (χ3n) is 2.91. The van der Waals surface area contributed by atoms with Crippen LogP contribution in [0.1, 0.15) is 5.56 Å². The zero-order valence-corrected chi connectivity index (χ0v) is 10.8. The van der Waals surface area contributed by atoms with Crippen LogP contribution < -0.4 is 16.1 Å². The molecule has 3 aromatic rings. The predicted octanol–water partition coefficient (Wildman–Crippen LogP) is 2.87. The monoisotopic (exact) mass is 268 g/mol. The van der Waals surface area contributed by atoms with Gasteiger partial charge >= 0.3 is 5.63 Å². The lowest BCUT2D eigenvalue weighted by molar-refractivity contribution is 0.480. The van der Waals surface area contributed by atoms with Gasteiger partial charge in [0.05, 0.1) is 0 Å². The van der Waals surface area contributed by atoms with Gasteiger partial charge < -0.3 is 14.9 Å². The summed E-state index contributed by atoms with van der Waals surface area (Å²) in [5.41, 5.74) is 6.58. The maximum Gasteiger partial charge on any atom is 0.336 e. The molecule has 1 aromatic carbocycles. The van der Waals surface area contributed by atoms with E-state index >= 15 is 0 Å². The van der Waals surface area contributed by atoms with Gasteiger partial charge in [-0.05, 0) is 30.7 Å². The minimum absolute atomic E-state index is 0.375. The van der Waals surface area contributed by atoms with Crippen molar-refractivity contribution in [3.05, 3.63) is 58.6 Å². The molecule has 0 unspecified atom stereocenters. The molecule has 0 atom stereocenters. The minimum atomic E-state index is -0.375. The Hall–Kier alpha value is -2.82. The molecule has 5 nitrogen and oxygen atoms in total.